The molecular weight excluding hydrogens is 317 g/mol. The molecule has 0 fully saturated rings. The molecule has 25 heavy (non-hydrogen) atoms. The van der Waals surface area contributed by atoms with Gasteiger partial charge in [-0.25, -0.2) is 9.82 Å². The van der Waals surface area contributed by atoms with Crippen LogP contribution in [-0.2, 0) is 0 Å². The van der Waals surface area contributed by atoms with Gasteiger partial charge in [0.25, 0.3) is 5.91 Å². The number of nitrogens with zero attached hydrogens (tertiary/aromatic N) is 2. The van der Waals surface area contributed by atoms with Gasteiger partial charge in [-0.15, -0.1) is 0 Å². The Labute approximate surface area is 145 Å². The van der Waals surface area contributed by atoms with Crippen LogP contribution in [-0.4, -0.2) is 16.6 Å². The molecule has 4 nitrogen and oxygen atoms in total. The molecule has 0 spiro atoms. The number of aromatic nitrogens is 1. The second kappa shape index (κ2) is 7.49. The molecule has 1 heterocycles. The van der Waals surface area contributed by atoms with Gasteiger partial charge in [0.15, 0.2) is 0 Å². The van der Waals surface area contributed by atoms with Crippen molar-refractivity contribution in [1.82, 2.24) is 10.4 Å². The molecule has 0 aliphatic heterocycles. The van der Waals surface area contributed by atoms with Gasteiger partial charge in [-0.2, -0.15) is 5.10 Å². The SMILES string of the molecule is C/C(=N/NC(=O)c1ccccn1)c1ccc(-c2ccccc2)cc1F. The Bertz CT molecular complexity index is 909. The molecule has 0 aliphatic carbocycles. The maximum absolute atomic E-state index is 14.4. The third-order valence-electron chi connectivity index (χ3n) is 3.69. The van der Waals surface area contributed by atoms with E-state index in [1.165, 1.54) is 12.3 Å². The lowest BCUT2D eigenvalue weighted by Gasteiger charge is -2.07. The number of hydrazone groups is 1. The summed E-state index contributed by atoms with van der Waals surface area (Å²) in [5.41, 5.74) is 5.07. The highest BCUT2D eigenvalue weighted by Gasteiger charge is 2.09. The molecule has 5 heteroatoms. The zero-order chi connectivity index (χ0) is 17.6. The van der Waals surface area contributed by atoms with E-state index in [0.29, 0.717) is 11.3 Å². The minimum Gasteiger partial charge on any atom is -0.266 e. The molecule has 1 amide bonds. The van der Waals surface area contributed by atoms with E-state index in [0.717, 1.165) is 11.1 Å². The smallest absolute Gasteiger partial charge is 0.266 e. The monoisotopic (exact) mass is 333 g/mol. The maximum atomic E-state index is 14.4. The summed E-state index contributed by atoms with van der Waals surface area (Å²) in [6.45, 7) is 1.64. The van der Waals surface area contributed by atoms with E-state index in [1.54, 1.807) is 31.2 Å². The molecule has 0 radical (unpaired) electrons. The summed E-state index contributed by atoms with van der Waals surface area (Å²) in [7, 11) is 0. The number of hydrogen-bond acceptors (Lipinski definition) is 3. The van der Waals surface area contributed by atoms with Crippen LogP contribution < -0.4 is 5.43 Å². The first kappa shape index (κ1) is 16.5. The molecule has 0 bridgehead atoms. The molecule has 0 saturated heterocycles. The van der Waals surface area contributed by atoms with E-state index in [-0.39, 0.29) is 5.69 Å². The summed E-state index contributed by atoms with van der Waals surface area (Å²) >= 11 is 0. The Morgan fingerprint density at radius 1 is 1.00 bits per heavy atom. The lowest BCUT2D eigenvalue weighted by molar-refractivity contribution is 0.0950. The number of benzene rings is 2. The third-order valence-corrected chi connectivity index (χ3v) is 3.69. The van der Waals surface area contributed by atoms with Gasteiger partial charge in [0.05, 0.1) is 5.71 Å². The largest absolute Gasteiger partial charge is 0.289 e. The van der Waals surface area contributed by atoms with Crippen LogP contribution in [0.5, 0.6) is 0 Å². The van der Waals surface area contributed by atoms with Crippen molar-refractivity contribution in [2.24, 2.45) is 5.10 Å². The van der Waals surface area contributed by atoms with Crippen LogP contribution >= 0.6 is 0 Å². The molecule has 124 valence electrons. The highest BCUT2D eigenvalue weighted by Crippen LogP contribution is 2.22. The Hall–Kier alpha value is -3.34. The highest BCUT2D eigenvalue weighted by atomic mass is 19.1. The van der Waals surface area contributed by atoms with Gasteiger partial charge in [-0.1, -0.05) is 42.5 Å². The number of amides is 1. The molecule has 3 aromatic rings. The average molecular weight is 333 g/mol. The summed E-state index contributed by atoms with van der Waals surface area (Å²) in [6.07, 6.45) is 1.52. The van der Waals surface area contributed by atoms with Gasteiger partial charge >= 0.3 is 0 Å². The molecular formula is C20H16FN3O. The minimum absolute atomic E-state index is 0.249. The molecule has 0 atom stereocenters. The Morgan fingerprint density at radius 2 is 1.76 bits per heavy atom. The van der Waals surface area contributed by atoms with Crippen LogP contribution in [0.1, 0.15) is 23.0 Å². The number of halogens is 1. The quantitative estimate of drug-likeness (QED) is 0.579. The second-order valence-electron chi connectivity index (χ2n) is 5.41. The number of pyridine rings is 1. The van der Waals surface area contributed by atoms with E-state index < -0.39 is 11.7 Å². The highest BCUT2D eigenvalue weighted by molar-refractivity contribution is 6.01. The topological polar surface area (TPSA) is 54.4 Å². The van der Waals surface area contributed by atoms with Crippen molar-refractivity contribution in [3.8, 4) is 11.1 Å². The average Bonchev–Trinajstić information content (AvgIpc) is 2.67. The van der Waals surface area contributed by atoms with E-state index in [4.69, 9.17) is 0 Å². The van der Waals surface area contributed by atoms with Crippen LogP contribution in [0.3, 0.4) is 0 Å². The minimum atomic E-state index is -0.443. The van der Waals surface area contributed by atoms with Crippen molar-refractivity contribution in [2.75, 3.05) is 0 Å². The van der Waals surface area contributed by atoms with Gasteiger partial charge in [0.1, 0.15) is 11.5 Å². The lowest BCUT2D eigenvalue weighted by atomic mass is 10.0. The lowest BCUT2D eigenvalue weighted by Crippen LogP contribution is -2.20. The fourth-order valence-corrected chi connectivity index (χ4v) is 2.37. The zero-order valence-electron chi connectivity index (χ0n) is 13.6. The van der Waals surface area contributed by atoms with Crippen LogP contribution in [0, 0.1) is 5.82 Å². The molecule has 0 aliphatic rings. The van der Waals surface area contributed by atoms with Gasteiger partial charge in [-0.05, 0) is 42.3 Å². The van der Waals surface area contributed by atoms with Gasteiger partial charge in [-0.3, -0.25) is 9.78 Å². The predicted octanol–water partition coefficient (Wildman–Crippen LogP) is 4.04. The number of rotatable bonds is 4. The Morgan fingerprint density at radius 3 is 2.44 bits per heavy atom. The molecule has 1 N–H and O–H groups in total. The standard InChI is InChI=1S/C20H16FN3O/c1-14(23-24-20(25)19-9-5-6-12-22-19)17-11-10-16(13-18(17)21)15-7-3-2-4-8-15/h2-13H,1H3,(H,24,25)/b23-14-. The first-order valence-electron chi connectivity index (χ1n) is 7.76. The van der Waals surface area contributed by atoms with Crippen molar-refractivity contribution in [3.63, 3.8) is 0 Å². The second-order valence-corrected chi connectivity index (χ2v) is 5.41. The summed E-state index contributed by atoms with van der Waals surface area (Å²) in [4.78, 5) is 15.9. The number of carbonyl (C=O) groups is 1. The fraction of sp³-hybridized carbons (Fsp3) is 0.0500. The van der Waals surface area contributed by atoms with E-state index >= 15 is 0 Å². The fourth-order valence-electron chi connectivity index (χ4n) is 2.37. The van der Waals surface area contributed by atoms with Gasteiger partial charge in [0, 0.05) is 11.8 Å². The molecule has 3 rings (SSSR count). The summed E-state index contributed by atoms with van der Waals surface area (Å²) in [5.74, 6) is -0.837. The van der Waals surface area contributed by atoms with Gasteiger partial charge in [0.2, 0.25) is 0 Å². The predicted molar refractivity (Wildman–Crippen MR) is 95.8 cm³/mol. The van der Waals surface area contributed by atoms with Crippen molar-refractivity contribution in [3.05, 3.63) is 90.0 Å². The molecule has 1 aromatic heterocycles. The normalized spacial score (nSPS) is 11.2. The van der Waals surface area contributed by atoms with Crippen molar-refractivity contribution in [2.45, 2.75) is 6.92 Å². The zero-order valence-corrected chi connectivity index (χ0v) is 13.6. The van der Waals surface area contributed by atoms with Crippen molar-refractivity contribution < 1.29 is 9.18 Å². The number of hydrogen-bond donors (Lipinski definition) is 1. The van der Waals surface area contributed by atoms with Crippen molar-refractivity contribution in [1.29, 1.82) is 0 Å². The van der Waals surface area contributed by atoms with Crippen LogP contribution in [0.4, 0.5) is 4.39 Å². The maximum Gasteiger partial charge on any atom is 0.289 e. The summed E-state index contributed by atoms with van der Waals surface area (Å²) in [5, 5.41) is 3.97. The van der Waals surface area contributed by atoms with Gasteiger partial charge < -0.3 is 0 Å². The molecule has 0 saturated carbocycles. The number of carbonyl (C=O) groups excluding carboxylic acids is 1. The summed E-state index contributed by atoms with van der Waals surface area (Å²) in [6, 6.07) is 19.5. The molecule has 0 unspecified atom stereocenters. The summed E-state index contributed by atoms with van der Waals surface area (Å²) < 4.78 is 14.4. The third kappa shape index (κ3) is 3.95. The molecule has 2 aromatic carbocycles. The first-order valence-corrected chi connectivity index (χ1v) is 7.76. The van der Waals surface area contributed by atoms with Crippen LogP contribution in [0.25, 0.3) is 11.1 Å². The Kier molecular flexibility index (Phi) is 4.95. The van der Waals surface area contributed by atoms with E-state index in [2.05, 4.69) is 15.5 Å². The van der Waals surface area contributed by atoms with Crippen LogP contribution in [0.15, 0.2) is 78.0 Å². The Balaban J connectivity index is 1.78. The van der Waals surface area contributed by atoms with E-state index in [9.17, 15) is 9.18 Å². The first-order chi connectivity index (χ1) is 12.1. The van der Waals surface area contributed by atoms with E-state index in [1.807, 2.05) is 36.4 Å². The number of nitrogens with one attached hydrogen (secondary N) is 1. The van der Waals surface area contributed by atoms with Crippen molar-refractivity contribution >= 4 is 11.6 Å². The van der Waals surface area contributed by atoms with Crippen LogP contribution in [0.2, 0.25) is 0 Å².